The third kappa shape index (κ3) is 2.89. The van der Waals surface area contributed by atoms with Gasteiger partial charge in [0, 0.05) is 13.1 Å². The first-order chi connectivity index (χ1) is 8.93. The maximum atomic E-state index is 12.3. The maximum Gasteiger partial charge on any atom is 0.250 e. The highest BCUT2D eigenvalue weighted by atomic mass is 35.5. The van der Waals surface area contributed by atoms with Gasteiger partial charge >= 0.3 is 0 Å². The summed E-state index contributed by atoms with van der Waals surface area (Å²) in [6, 6.07) is 3.92. The van der Waals surface area contributed by atoms with E-state index in [-0.39, 0.29) is 28.6 Å². The lowest BCUT2D eigenvalue weighted by atomic mass is 10.2. The molecule has 19 heavy (non-hydrogen) atoms. The van der Waals surface area contributed by atoms with Crippen LogP contribution in [0.1, 0.15) is 10.4 Å². The number of morpholine rings is 1. The highest BCUT2D eigenvalue weighted by Crippen LogP contribution is 2.23. The number of halogens is 1. The van der Waals surface area contributed by atoms with Gasteiger partial charge in [-0.3, -0.25) is 4.79 Å². The van der Waals surface area contributed by atoms with Crippen LogP contribution in [0.5, 0.6) is 0 Å². The highest BCUT2D eigenvalue weighted by Gasteiger charge is 2.27. The summed E-state index contributed by atoms with van der Waals surface area (Å²) < 4.78 is 31.1. The summed E-state index contributed by atoms with van der Waals surface area (Å²) >= 11 is 5.80. The average Bonchev–Trinajstić information content (AvgIpc) is 2.39. The number of ether oxygens (including phenoxy) is 1. The first kappa shape index (κ1) is 14.3. The molecule has 1 aromatic rings. The molecule has 2 rings (SSSR count). The van der Waals surface area contributed by atoms with E-state index >= 15 is 0 Å². The molecule has 1 aliphatic rings. The smallest absolute Gasteiger partial charge is 0.250 e. The second-order valence-corrected chi connectivity index (χ2v) is 6.37. The van der Waals surface area contributed by atoms with Crippen molar-refractivity contribution in [3.8, 4) is 0 Å². The van der Waals surface area contributed by atoms with Crippen molar-refractivity contribution >= 4 is 27.5 Å². The van der Waals surface area contributed by atoms with Crippen LogP contribution < -0.4 is 5.73 Å². The minimum atomic E-state index is -3.65. The standard InChI is InChI=1S/C11H13ClN2O4S/c12-10-2-1-8(7-9(10)11(13)15)19(16,17)14-3-5-18-6-4-14/h1-2,7H,3-6H2,(H2,13,15). The van der Waals surface area contributed by atoms with E-state index in [1.165, 1.54) is 22.5 Å². The topological polar surface area (TPSA) is 89.7 Å². The van der Waals surface area contributed by atoms with E-state index in [1.54, 1.807) is 0 Å². The molecule has 0 spiro atoms. The molecule has 0 aromatic heterocycles. The Morgan fingerprint density at radius 3 is 2.53 bits per heavy atom. The van der Waals surface area contributed by atoms with Gasteiger partial charge in [0.15, 0.2) is 0 Å². The number of carbonyl (C=O) groups excluding carboxylic acids is 1. The molecule has 0 atom stereocenters. The van der Waals surface area contributed by atoms with Crippen LogP contribution in [0.3, 0.4) is 0 Å². The SMILES string of the molecule is NC(=O)c1cc(S(=O)(=O)N2CCOCC2)ccc1Cl. The third-order valence-corrected chi connectivity index (χ3v) is 5.04. The van der Waals surface area contributed by atoms with Crippen LogP contribution in [0.15, 0.2) is 23.1 Å². The number of sulfonamides is 1. The van der Waals surface area contributed by atoms with E-state index in [0.29, 0.717) is 13.2 Å². The van der Waals surface area contributed by atoms with E-state index in [0.717, 1.165) is 0 Å². The van der Waals surface area contributed by atoms with Crippen molar-refractivity contribution in [2.45, 2.75) is 4.90 Å². The molecule has 0 radical (unpaired) electrons. The zero-order chi connectivity index (χ0) is 14.0. The van der Waals surface area contributed by atoms with Crippen LogP contribution >= 0.6 is 11.6 Å². The number of carbonyl (C=O) groups is 1. The molecule has 0 saturated carbocycles. The minimum absolute atomic E-state index is 0.00370. The van der Waals surface area contributed by atoms with Crippen LogP contribution in [0, 0.1) is 0 Å². The molecule has 6 nitrogen and oxygen atoms in total. The second-order valence-electron chi connectivity index (χ2n) is 4.02. The molecule has 104 valence electrons. The Bertz CT molecular complexity index is 597. The van der Waals surface area contributed by atoms with Crippen molar-refractivity contribution in [3.63, 3.8) is 0 Å². The van der Waals surface area contributed by atoms with Gasteiger partial charge in [-0.2, -0.15) is 4.31 Å². The van der Waals surface area contributed by atoms with E-state index in [2.05, 4.69) is 0 Å². The van der Waals surface area contributed by atoms with E-state index in [1.807, 2.05) is 0 Å². The summed E-state index contributed by atoms with van der Waals surface area (Å²) in [5, 5.41) is 0.133. The third-order valence-electron chi connectivity index (χ3n) is 2.81. The first-order valence-corrected chi connectivity index (χ1v) is 7.42. The predicted octanol–water partition coefficient (Wildman–Crippen LogP) is 0.460. The van der Waals surface area contributed by atoms with Crippen molar-refractivity contribution < 1.29 is 17.9 Å². The van der Waals surface area contributed by atoms with Gasteiger partial charge in [0.25, 0.3) is 0 Å². The zero-order valence-electron chi connectivity index (χ0n) is 10.0. The quantitative estimate of drug-likeness (QED) is 0.878. The normalized spacial score (nSPS) is 17.3. The van der Waals surface area contributed by atoms with E-state index in [4.69, 9.17) is 22.1 Å². The Labute approximate surface area is 116 Å². The summed E-state index contributed by atoms with van der Waals surface area (Å²) in [6.45, 7) is 1.29. The molecule has 1 fully saturated rings. The molecule has 0 unspecified atom stereocenters. The summed E-state index contributed by atoms with van der Waals surface area (Å²) in [7, 11) is -3.65. The summed E-state index contributed by atoms with van der Waals surface area (Å²) in [5.41, 5.74) is 5.15. The number of hydrogen-bond donors (Lipinski definition) is 1. The van der Waals surface area contributed by atoms with Crippen molar-refractivity contribution in [3.05, 3.63) is 28.8 Å². The number of amides is 1. The summed E-state index contributed by atoms with van der Waals surface area (Å²) in [6.07, 6.45) is 0. The summed E-state index contributed by atoms with van der Waals surface area (Å²) in [5.74, 6) is -0.760. The first-order valence-electron chi connectivity index (χ1n) is 5.60. The van der Waals surface area contributed by atoms with Crippen molar-refractivity contribution in [2.24, 2.45) is 5.73 Å². The van der Waals surface area contributed by atoms with Gasteiger partial charge in [0.1, 0.15) is 0 Å². The number of benzene rings is 1. The second kappa shape index (κ2) is 5.46. The van der Waals surface area contributed by atoms with Crippen LogP contribution in [0.4, 0.5) is 0 Å². The van der Waals surface area contributed by atoms with Crippen LogP contribution in [0.25, 0.3) is 0 Å². The predicted molar refractivity (Wildman–Crippen MR) is 69.5 cm³/mol. The number of rotatable bonds is 3. The molecular formula is C11H13ClN2O4S. The molecule has 1 aliphatic heterocycles. The fourth-order valence-electron chi connectivity index (χ4n) is 1.79. The highest BCUT2D eigenvalue weighted by molar-refractivity contribution is 7.89. The van der Waals surface area contributed by atoms with E-state index < -0.39 is 15.9 Å². The van der Waals surface area contributed by atoms with Crippen LogP contribution in [-0.2, 0) is 14.8 Å². The lowest BCUT2D eigenvalue weighted by molar-refractivity contribution is 0.0730. The Kier molecular flexibility index (Phi) is 4.10. The van der Waals surface area contributed by atoms with E-state index in [9.17, 15) is 13.2 Å². The van der Waals surface area contributed by atoms with Gasteiger partial charge in [-0.15, -0.1) is 0 Å². The minimum Gasteiger partial charge on any atom is -0.379 e. The van der Waals surface area contributed by atoms with Gasteiger partial charge in [0.05, 0.1) is 28.7 Å². The Morgan fingerprint density at radius 2 is 1.95 bits per heavy atom. The molecule has 2 N–H and O–H groups in total. The summed E-state index contributed by atoms with van der Waals surface area (Å²) in [4.78, 5) is 11.2. The van der Waals surface area contributed by atoms with Crippen molar-refractivity contribution in [1.82, 2.24) is 4.31 Å². The molecular weight excluding hydrogens is 292 g/mol. The fourth-order valence-corrected chi connectivity index (χ4v) is 3.44. The molecule has 1 saturated heterocycles. The Hall–Kier alpha value is -1.15. The average molecular weight is 305 g/mol. The van der Waals surface area contributed by atoms with Crippen LogP contribution in [0.2, 0.25) is 5.02 Å². The number of nitrogens with zero attached hydrogens (tertiary/aromatic N) is 1. The van der Waals surface area contributed by atoms with Gasteiger partial charge in [-0.1, -0.05) is 11.6 Å². The monoisotopic (exact) mass is 304 g/mol. The number of primary amides is 1. The molecule has 1 aromatic carbocycles. The molecule has 1 amide bonds. The largest absolute Gasteiger partial charge is 0.379 e. The van der Waals surface area contributed by atoms with Gasteiger partial charge in [0.2, 0.25) is 15.9 Å². The molecule has 8 heteroatoms. The molecule has 1 heterocycles. The van der Waals surface area contributed by atoms with Crippen molar-refractivity contribution in [2.75, 3.05) is 26.3 Å². The lowest BCUT2D eigenvalue weighted by Gasteiger charge is -2.26. The van der Waals surface area contributed by atoms with Gasteiger partial charge in [-0.25, -0.2) is 8.42 Å². The number of nitrogens with two attached hydrogens (primary N) is 1. The number of hydrogen-bond acceptors (Lipinski definition) is 4. The van der Waals surface area contributed by atoms with Gasteiger partial charge < -0.3 is 10.5 Å². The van der Waals surface area contributed by atoms with Crippen LogP contribution in [-0.4, -0.2) is 44.9 Å². The fraction of sp³-hybridized carbons (Fsp3) is 0.364. The molecule has 0 bridgehead atoms. The zero-order valence-corrected chi connectivity index (χ0v) is 11.6. The van der Waals surface area contributed by atoms with Crippen molar-refractivity contribution in [1.29, 1.82) is 0 Å². The maximum absolute atomic E-state index is 12.3. The lowest BCUT2D eigenvalue weighted by Crippen LogP contribution is -2.40. The Balaban J connectivity index is 2.40. The van der Waals surface area contributed by atoms with Gasteiger partial charge in [-0.05, 0) is 18.2 Å². The molecule has 0 aliphatic carbocycles. The Morgan fingerprint density at radius 1 is 1.32 bits per heavy atom.